The van der Waals surface area contributed by atoms with Crippen molar-refractivity contribution >= 4 is 16.9 Å². The smallest absolute Gasteiger partial charge is 0.186 e. The van der Waals surface area contributed by atoms with E-state index < -0.39 is 5.82 Å². The minimum absolute atomic E-state index is 0.178. The van der Waals surface area contributed by atoms with E-state index in [1.807, 2.05) is 6.92 Å². The fraction of sp³-hybridized carbons (Fsp3) is 0.0714. The number of fused-ring (bicyclic) bond motifs is 1. The van der Waals surface area contributed by atoms with Crippen molar-refractivity contribution in [2.24, 2.45) is 0 Å². The molecule has 0 saturated carbocycles. The summed E-state index contributed by atoms with van der Waals surface area (Å²) in [4.78, 5) is 7.80. The maximum Gasteiger partial charge on any atom is 0.186 e. The molecule has 0 aliphatic carbocycles. The summed E-state index contributed by atoms with van der Waals surface area (Å²) in [6.45, 7) is 5.25. The molecule has 0 aliphatic heterocycles. The van der Waals surface area contributed by atoms with Crippen molar-refractivity contribution in [3.05, 3.63) is 43.0 Å². The minimum Gasteiger partial charge on any atom is -0.508 e. The number of nitrogen functional groups attached to an aromatic ring is 1. The van der Waals surface area contributed by atoms with Crippen LogP contribution in [0.4, 0.5) is 10.2 Å². The number of phenolic OH excluding ortho intramolecular Hbond substituents is 1. The third kappa shape index (κ3) is 2.97. The topological polar surface area (TPSA) is 101 Å². The number of rotatable bonds is 1. The predicted molar refractivity (Wildman–Crippen MR) is 79.0 cm³/mol. The molecule has 4 N–H and O–H groups in total. The van der Waals surface area contributed by atoms with E-state index in [0.29, 0.717) is 22.3 Å². The Kier molecular flexibility index (Phi) is 4.13. The van der Waals surface area contributed by atoms with Crippen molar-refractivity contribution in [3.8, 4) is 17.0 Å². The fourth-order valence-electron chi connectivity index (χ4n) is 1.81. The Morgan fingerprint density at radius 1 is 1.33 bits per heavy atom. The first kappa shape index (κ1) is 14.4. The van der Waals surface area contributed by atoms with Gasteiger partial charge in [-0.15, -0.1) is 6.58 Å². The van der Waals surface area contributed by atoms with Gasteiger partial charge in [0.1, 0.15) is 23.7 Å². The van der Waals surface area contributed by atoms with Crippen molar-refractivity contribution in [2.45, 2.75) is 6.92 Å². The number of halogens is 1. The molecule has 0 aliphatic rings. The molecule has 0 atom stereocenters. The molecule has 0 radical (unpaired) electrons. The van der Waals surface area contributed by atoms with Crippen LogP contribution in [0.15, 0.2) is 37.2 Å². The lowest BCUT2D eigenvalue weighted by Gasteiger charge is -2.01. The number of phenols is 1. The van der Waals surface area contributed by atoms with Crippen LogP contribution < -0.4 is 5.73 Å². The Bertz CT molecular complexity index is 764. The maximum absolute atomic E-state index is 13.3. The van der Waals surface area contributed by atoms with E-state index in [1.54, 1.807) is 6.08 Å². The lowest BCUT2D eigenvalue weighted by molar-refractivity contribution is 0.469. The number of allylic oxidation sites excluding steroid dienone is 1. The number of nitrogens with zero attached hydrogens (tertiary/aromatic N) is 3. The highest BCUT2D eigenvalue weighted by Crippen LogP contribution is 2.30. The van der Waals surface area contributed by atoms with Gasteiger partial charge in [0, 0.05) is 11.6 Å². The lowest BCUT2D eigenvalue weighted by atomic mass is 10.1. The second-order valence-electron chi connectivity index (χ2n) is 4.16. The van der Waals surface area contributed by atoms with E-state index in [0.717, 1.165) is 6.07 Å². The Balaban J connectivity index is 0.000000497. The Hall–Kier alpha value is -2.96. The summed E-state index contributed by atoms with van der Waals surface area (Å²) in [5.74, 6) is -0.487. The van der Waals surface area contributed by atoms with Gasteiger partial charge in [-0.1, -0.05) is 6.08 Å². The lowest BCUT2D eigenvalue weighted by Crippen LogP contribution is -1.92. The van der Waals surface area contributed by atoms with Crippen molar-refractivity contribution in [1.82, 2.24) is 20.2 Å². The van der Waals surface area contributed by atoms with Crippen LogP contribution in [-0.2, 0) is 0 Å². The van der Waals surface area contributed by atoms with Crippen LogP contribution in [0.3, 0.4) is 0 Å². The molecular weight excluding hydrogens is 273 g/mol. The summed E-state index contributed by atoms with van der Waals surface area (Å²) in [5, 5.41) is 16.6. The zero-order valence-electron chi connectivity index (χ0n) is 11.3. The van der Waals surface area contributed by atoms with Gasteiger partial charge >= 0.3 is 0 Å². The molecule has 2 aromatic heterocycles. The summed E-state index contributed by atoms with van der Waals surface area (Å²) in [6.07, 6.45) is 3.05. The second kappa shape index (κ2) is 6.00. The highest BCUT2D eigenvalue weighted by Gasteiger charge is 2.13. The largest absolute Gasteiger partial charge is 0.508 e. The number of hydrogen-bond donors (Lipinski definition) is 3. The van der Waals surface area contributed by atoms with Crippen LogP contribution in [-0.4, -0.2) is 25.3 Å². The standard InChI is InChI=1S/C11H8FN5O.C3H6/c12-6-1-5(2-7(18)3-6)9-8-10(13)14-4-15-11(8)17-16-9;1-3-2/h1-4,18H,(H3,13,14,15,16,17);3H,1H2,2H3. The summed E-state index contributed by atoms with van der Waals surface area (Å²) < 4.78 is 13.3. The first-order chi connectivity index (χ1) is 10.1. The summed E-state index contributed by atoms with van der Waals surface area (Å²) >= 11 is 0. The Labute approximate surface area is 120 Å². The number of aromatic hydroxyl groups is 1. The van der Waals surface area contributed by atoms with Crippen molar-refractivity contribution < 1.29 is 9.50 Å². The van der Waals surface area contributed by atoms with Crippen LogP contribution in [0, 0.1) is 5.82 Å². The second-order valence-corrected chi connectivity index (χ2v) is 4.16. The van der Waals surface area contributed by atoms with Crippen molar-refractivity contribution in [2.75, 3.05) is 5.73 Å². The van der Waals surface area contributed by atoms with Gasteiger partial charge in [0.15, 0.2) is 5.65 Å². The summed E-state index contributed by atoms with van der Waals surface area (Å²) in [5.41, 5.74) is 7.04. The summed E-state index contributed by atoms with van der Waals surface area (Å²) in [6, 6.07) is 3.68. The van der Waals surface area contributed by atoms with Crippen LogP contribution >= 0.6 is 0 Å². The molecule has 3 aromatic rings. The van der Waals surface area contributed by atoms with Gasteiger partial charge in [-0.05, 0) is 19.1 Å². The van der Waals surface area contributed by atoms with Crippen LogP contribution in [0.25, 0.3) is 22.3 Å². The highest BCUT2D eigenvalue weighted by molar-refractivity contribution is 5.97. The molecule has 7 heteroatoms. The van der Waals surface area contributed by atoms with Gasteiger partial charge in [0.25, 0.3) is 0 Å². The molecule has 0 bridgehead atoms. The van der Waals surface area contributed by atoms with E-state index in [1.165, 1.54) is 18.5 Å². The molecule has 2 heterocycles. The molecule has 0 spiro atoms. The van der Waals surface area contributed by atoms with E-state index in [-0.39, 0.29) is 11.6 Å². The molecule has 108 valence electrons. The molecular formula is C14H14FN5O. The molecule has 3 rings (SSSR count). The SMILES string of the molecule is C=CC.Nc1ncnc2n[nH]c(-c3cc(O)cc(F)c3)c12. The number of nitrogens with one attached hydrogen (secondary N) is 1. The number of hydrogen-bond acceptors (Lipinski definition) is 5. The third-order valence-corrected chi connectivity index (χ3v) is 2.55. The van der Waals surface area contributed by atoms with Crippen LogP contribution in [0.5, 0.6) is 5.75 Å². The van der Waals surface area contributed by atoms with Gasteiger partial charge < -0.3 is 10.8 Å². The molecule has 1 aromatic carbocycles. The van der Waals surface area contributed by atoms with Gasteiger partial charge in [0.2, 0.25) is 0 Å². The van der Waals surface area contributed by atoms with E-state index in [4.69, 9.17) is 5.73 Å². The Morgan fingerprint density at radius 2 is 2.05 bits per heavy atom. The van der Waals surface area contributed by atoms with E-state index >= 15 is 0 Å². The molecule has 21 heavy (non-hydrogen) atoms. The van der Waals surface area contributed by atoms with Crippen molar-refractivity contribution in [3.63, 3.8) is 0 Å². The zero-order chi connectivity index (χ0) is 15.4. The predicted octanol–water partition coefficient (Wildman–Crippen LogP) is 2.64. The maximum atomic E-state index is 13.3. The molecule has 6 nitrogen and oxygen atoms in total. The van der Waals surface area contributed by atoms with Crippen LogP contribution in [0.1, 0.15) is 6.92 Å². The molecule has 0 saturated heterocycles. The number of aromatic amines is 1. The number of nitrogens with two attached hydrogens (primary N) is 1. The van der Waals surface area contributed by atoms with E-state index in [2.05, 4.69) is 26.7 Å². The third-order valence-electron chi connectivity index (χ3n) is 2.55. The van der Waals surface area contributed by atoms with Gasteiger partial charge in [-0.25, -0.2) is 14.4 Å². The van der Waals surface area contributed by atoms with Crippen LogP contribution in [0.2, 0.25) is 0 Å². The van der Waals surface area contributed by atoms with Gasteiger partial charge in [-0.3, -0.25) is 5.10 Å². The number of anilines is 1. The van der Waals surface area contributed by atoms with Gasteiger partial charge in [0.05, 0.1) is 11.1 Å². The minimum atomic E-state index is -0.553. The first-order valence-electron chi connectivity index (χ1n) is 6.08. The molecule has 0 unspecified atom stereocenters. The monoisotopic (exact) mass is 287 g/mol. The molecule has 0 fully saturated rings. The quantitative estimate of drug-likeness (QED) is 0.597. The average molecular weight is 287 g/mol. The van der Waals surface area contributed by atoms with Gasteiger partial charge in [-0.2, -0.15) is 5.10 Å². The zero-order valence-corrected chi connectivity index (χ0v) is 11.3. The number of H-pyrrole nitrogens is 1. The number of benzene rings is 1. The average Bonchev–Trinajstić information content (AvgIpc) is 2.84. The number of aromatic nitrogens is 4. The fourth-order valence-corrected chi connectivity index (χ4v) is 1.81. The van der Waals surface area contributed by atoms with Crippen molar-refractivity contribution in [1.29, 1.82) is 0 Å². The Morgan fingerprint density at radius 3 is 2.71 bits per heavy atom. The first-order valence-corrected chi connectivity index (χ1v) is 6.08. The molecule has 0 amide bonds. The highest BCUT2D eigenvalue weighted by atomic mass is 19.1. The van der Waals surface area contributed by atoms with E-state index in [9.17, 15) is 9.50 Å². The summed E-state index contributed by atoms with van der Waals surface area (Å²) in [7, 11) is 0. The normalized spacial score (nSPS) is 10.0.